The summed E-state index contributed by atoms with van der Waals surface area (Å²) in [4.78, 5) is 0. The molecule has 1 rings (SSSR count). The molecule has 3 nitrogen and oxygen atoms in total. The Morgan fingerprint density at radius 1 is 1.31 bits per heavy atom. The zero-order chi connectivity index (χ0) is 9.52. The number of ether oxygens (including phenoxy) is 1. The molecule has 0 bridgehead atoms. The molecule has 0 aliphatic rings. The van der Waals surface area contributed by atoms with E-state index in [-0.39, 0.29) is 0 Å². The van der Waals surface area contributed by atoms with E-state index in [0.29, 0.717) is 6.61 Å². The summed E-state index contributed by atoms with van der Waals surface area (Å²) in [6.45, 7) is 1.56. The van der Waals surface area contributed by atoms with Gasteiger partial charge in [0.15, 0.2) is 0 Å². The summed E-state index contributed by atoms with van der Waals surface area (Å²) in [6, 6.07) is 9.83. The van der Waals surface area contributed by atoms with E-state index in [4.69, 9.17) is 4.74 Å². The number of hydrogen-bond donors (Lipinski definition) is 1. The fourth-order valence-electron chi connectivity index (χ4n) is 0.929. The number of rotatable bonds is 5. The molecule has 0 heterocycles. The molecule has 3 heteroatoms. The fourth-order valence-corrected chi connectivity index (χ4v) is 0.929. The van der Waals surface area contributed by atoms with Gasteiger partial charge in [-0.1, -0.05) is 18.2 Å². The number of para-hydroxylation sites is 1. The minimum atomic E-state index is 0.696. The van der Waals surface area contributed by atoms with Gasteiger partial charge in [0.2, 0.25) is 0 Å². The van der Waals surface area contributed by atoms with Crippen LogP contribution in [0.4, 0.5) is 0 Å². The van der Waals surface area contributed by atoms with E-state index in [1.165, 1.54) is 0 Å². The standard InChI is InChI=1S/C10H16N2O/c1-11-12(2)8-9-13-10-6-4-3-5-7-10/h3-7,11H,8-9H2,1-2H3. The Hall–Kier alpha value is -1.06. The fraction of sp³-hybridized carbons (Fsp3) is 0.400. The molecule has 13 heavy (non-hydrogen) atoms. The van der Waals surface area contributed by atoms with Crippen molar-refractivity contribution in [3.05, 3.63) is 30.3 Å². The molecular formula is C10H16N2O. The van der Waals surface area contributed by atoms with Crippen molar-refractivity contribution in [3.63, 3.8) is 0 Å². The number of benzene rings is 1. The van der Waals surface area contributed by atoms with E-state index in [1.54, 1.807) is 0 Å². The first-order valence-corrected chi connectivity index (χ1v) is 4.39. The molecule has 0 atom stereocenters. The second kappa shape index (κ2) is 5.56. The van der Waals surface area contributed by atoms with E-state index >= 15 is 0 Å². The van der Waals surface area contributed by atoms with Gasteiger partial charge in [0.1, 0.15) is 12.4 Å². The Bertz CT molecular complexity index is 226. The van der Waals surface area contributed by atoms with Crippen LogP contribution in [0.5, 0.6) is 5.75 Å². The minimum absolute atomic E-state index is 0.696. The van der Waals surface area contributed by atoms with Crippen LogP contribution in [0.25, 0.3) is 0 Å². The highest BCUT2D eigenvalue weighted by Crippen LogP contribution is 2.07. The van der Waals surface area contributed by atoms with Gasteiger partial charge in [0.25, 0.3) is 0 Å². The second-order valence-electron chi connectivity index (χ2n) is 2.81. The van der Waals surface area contributed by atoms with E-state index in [2.05, 4.69) is 5.43 Å². The van der Waals surface area contributed by atoms with Gasteiger partial charge in [-0.15, -0.1) is 0 Å². The largest absolute Gasteiger partial charge is 0.492 e. The smallest absolute Gasteiger partial charge is 0.119 e. The van der Waals surface area contributed by atoms with Crippen LogP contribution < -0.4 is 10.2 Å². The van der Waals surface area contributed by atoms with Crippen LogP contribution in [0.2, 0.25) is 0 Å². The summed E-state index contributed by atoms with van der Waals surface area (Å²) in [5.41, 5.74) is 3.00. The molecule has 0 saturated carbocycles. The number of hydrogen-bond acceptors (Lipinski definition) is 3. The van der Waals surface area contributed by atoms with Crippen molar-refractivity contribution < 1.29 is 4.74 Å². The van der Waals surface area contributed by atoms with Crippen LogP contribution in [0.3, 0.4) is 0 Å². The predicted octanol–water partition coefficient (Wildman–Crippen LogP) is 1.13. The van der Waals surface area contributed by atoms with Crippen LogP contribution in [-0.2, 0) is 0 Å². The van der Waals surface area contributed by atoms with Gasteiger partial charge in [-0.3, -0.25) is 5.43 Å². The summed E-state index contributed by atoms with van der Waals surface area (Å²) < 4.78 is 5.50. The third-order valence-corrected chi connectivity index (χ3v) is 1.82. The average Bonchev–Trinajstić information content (AvgIpc) is 2.19. The van der Waals surface area contributed by atoms with Gasteiger partial charge < -0.3 is 4.74 Å². The molecule has 0 aromatic heterocycles. The lowest BCUT2D eigenvalue weighted by Gasteiger charge is -2.14. The van der Waals surface area contributed by atoms with Crippen LogP contribution in [0.15, 0.2) is 30.3 Å². The number of hydrazine groups is 1. The Morgan fingerprint density at radius 2 is 2.00 bits per heavy atom. The molecule has 0 unspecified atom stereocenters. The normalized spacial score (nSPS) is 10.4. The summed E-state index contributed by atoms with van der Waals surface area (Å²) in [5, 5.41) is 1.98. The van der Waals surface area contributed by atoms with Gasteiger partial charge in [0, 0.05) is 13.6 Å². The highest BCUT2D eigenvalue weighted by molar-refractivity contribution is 5.20. The molecule has 0 fully saturated rings. The molecule has 0 amide bonds. The van der Waals surface area contributed by atoms with Crippen LogP contribution >= 0.6 is 0 Å². The number of nitrogens with one attached hydrogen (secondary N) is 1. The zero-order valence-corrected chi connectivity index (χ0v) is 8.16. The first-order chi connectivity index (χ1) is 6.33. The van der Waals surface area contributed by atoms with E-state index in [0.717, 1.165) is 12.3 Å². The van der Waals surface area contributed by atoms with Gasteiger partial charge in [-0.25, -0.2) is 5.01 Å². The van der Waals surface area contributed by atoms with Gasteiger partial charge in [-0.2, -0.15) is 0 Å². The van der Waals surface area contributed by atoms with Gasteiger partial charge >= 0.3 is 0 Å². The highest BCUT2D eigenvalue weighted by Gasteiger charge is 1.94. The first kappa shape index (κ1) is 10.0. The van der Waals surface area contributed by atoms with Crippen LogP contribution in [0, 0.1) is 0 Å². The quantitative estimate of drug-likeness (QED) is 0.687. The monoisotopic (exact) mass is 180 g/mol. The first-order valence-electron chi connectivity index (χ1n) is 4.39. The van der Waals surface area contributed by atoms with Crippen molar-refractivity contribution in [2.45, 2.75) is 0 Å². The van der Waals surface area contributed by atoms with Crippen molar-refractivity contribution in [2.75, 3.05) is 27.2 Å². The molecule has 1 N–H and O–H groups in total. The van der Waals surface area contributed by atoms with Gasteiger partial charge in [-0.05, 0) is 19.2 Å². The lowest BCUT2D eigenvalue weighted by molar-refractivity contribution is 0.199. The Morgan fingerprint density at radius 3 is 2.62 bits per heavy atom. The maximum Gasteiger partial charge on any atom is 0.119 e. The molecule has 1 aromatic rings. The Labute approximate surface area is 79.3 Å². The third kappa shape index (κ3) is 3.92. The molecule has 0 radical (unpaired) electrons. The molecule has 1 aromatic carbocycles. The molecule has 0 saturated heterocycles. The predicted molar refractivity (Wildman–Crippen MR) is 53.6 cm³/mol. The van der Waals surface area contributed by atoms with Crippen molar-refractivity contribution in [1.82, 2.24) is 10.4 Å². The lowest BCUT2D eigenvalue weighted by Crippen LogP contribution is -2.34. The third-order valence-electron chi connectivity index (χ3n) is 1.82. The van der Waals surface area contributed by atoms with Gasteiger partial charge in [0.05, 0.1) is 0 Å². The van der Waals surface area contributed by atoms with Crippen molar-refractivity contribution in [2.24, 2.45) is 0 Å². The van der Waals surface area contributed by atoms with E-state index in [1.807, 2.05) is 49.4 Å². The van der Waals surface area contributed by atoms with E-state index in [9.17, 15) is 0 Å². The summed E-state index contributed by atoms with van der Waals surface area (Å²) in [7, 11) is 3.87. The lowest BCUT2D eigenvalue weighted by atomic mass is 10.3. The number of nitrogens with zero attached hydrogens (tertiary/aromatic N) is 1. The molecule has 0 aliphatic heterocycles. The molecular weight excluding hydrogens is 164 g/mol. The summed E-state index contributed by atoms with van der Waals surface area (Å²) in [5.74, 6) is 0.923. The maximum absolute atomic E-state index is 5.50. The Kier molecular flexibility index (Phi) is 4.29. The minimum Gasteiger partial charge on any atom is -0.492 e. The van der Waals surface area contributed by atoms with Crippen molar-refractivity contribution in [1.29, 1.82) is 0 Å². The van der Waals surface area contributed by atoms with Crippen LogP contribution in [-0.4, -0.2) is 32.3 Å². The van der Waals surface area contributed by atoms with Crippen LogP contribution in [0.1, 0.15) is 0 Å². The van der Waals surface area contributed by atoms with E-state index < -0.39 is 0 Å². The molecule has 72 valence electrons. The summed E-state index contributed by atoms with van der Waals surface area (Å²) >= 11 is 0. The molecule has 0 spiro atoms. The summed E-state index contributed by atoms with van der Waals surface area (Å²) in [6.07, 6.45) is 0. The topological polar surface area (TPSA) is 24.5 Å². The van der Waals surface area contributed by atoms with Crippen molar-refractivity contribution in [3.8, 4) is 5.75 Å². The zero-order valence-electron chi connectivity index (χ0n) is 8.16. The SMILES string of the molecule is CNN(C)CCOc1ccccc1. The average molecular weight is 180 g/mol. The highest BCUT2D eigenvalue weighted by atomic mass is 16.5. The Balaban J connectivity index is 2.20. The van der Waals surface area contributed by atoms with Crippen molar-refractivity contribution >= 4 is 0 Å². The molecule has 0 aliphatic carbocycles. The maximum atomic E-state index is 5.50. The second-order valence-corrected chi connectivity index (χ2v) is 2.81. The number of likely N-dealkylation sites (N-methyl/N-ethyl adjacent to an activating group) is 1.